The fourth-order valence-corrected chi connectivity index (χ4v) is 1.80. The van der Waals surface area contributed by atoms with Crippen LogP contribution in [0, 0.1) is 25.2 Å². The summed E-state index contributed by atoms with van der Waals surface area (Å²) in [6.45, 7) is 5.68. The summed E-state index contributed by atoms with van der Waals surface area (Å²) in [6.07, 6.45) is 0.644. The van der Waals surface area contributed by atoms with Gasteiger partial charge in [-0.05, 0) is 26.3 Å². The molecule has 0 bridgehead atoms. The summed E-state index contributed by atoms with van der Waals surface area (Å²) in [4.78, 5) is 8.58. The van der Waals surface area contributed by atoms with E-state index in [2.05, 4.69) is 21.1 Å². The molecule has 92 valence electrons. The van der Waals surface area contributed by atoms with Gasteiger partial charge in [-0.2, -0.15) is 15.0 Å². The second kappa shape index (κ2) is 4.45. The maximum Gasteiger partial charge on any atom is 0.252 e. The Bertz CT molecular complexity index is 614. The van der Waals surface area contributed by atoms with Crippen molar-refractivity contribution in [3.8, 4) is 12.0 Å². The van der Waals surface area contributed by atoms with Gasteiger partial charge in [0.15, 0.2) is 0 Å². The molecule has 0 amide bonds. The molecule has 0 saturated heterocycles. The molecule has 2 N–H and O–H groups in total. The van der Waals surface area contributed by atoms with Gasteiger partial charge in [0.1, 0.15) is 17.5 Å². The standard InChI is InChI=1S/C12H14N6/c1-4-10-9(6-13)11(14)18(17-10)12-15-7(2)5-8(3)16-12/h5H,4,14H2,1-3H3. The molecule has 0 aliphatic carbocycles. The van der Waals surface area contributed by atoms with Crippen molar-refractivity contribution >= 4 is 5.82 Å². The van der Waals surface area contributed by atoms with E-state index in [4.69, 9.17) is 11.0 Å². The van der Waals surface area contributed by atoms with E-state index in [0.717, 1.165) is 11.4 Å². The van der Waals surface area contributed by atoms with Crippen LogP contribution in [0.4, 0.5) is 5.82 Å². The summed E-state index contributed by atoms with van der Waals surface area (Å²) in [7, 11) is 0. The third-order valence-corrected chi connectivity index (χ3v) is 2.60. The highest BCUT2D eigenvalue weighted by Gasteiger charge is 2.16. The number of nitrogens with two attached hydrogens (primary N) is 1. The van der Waals surface area contributed by atoms with Gasteiger partial charge in [-0.1, -0.05) is 6.92 Å². The summed E-state index contributed by atoms with van der Waals surface area (Å²) in [6, 6.07) is 3.94. The van der Waals surface area contributed by atoms with Crippen LogP contribution in [0.2, 0.25) is 0 Å². The van der Waals surface area contributed by atoms with Crippen LogP contribution in [-0.2, 0) is 6.42 Å². The van der Waals surface area contributed by atoms with Crippen molar-refractivity contribution < 1.29 is 0 Å². The van der Waals surface area contributed by atoms with Crippen LogP contribution in [0.15, 0.2) is 6.07 Å². The van der Waals surface area contributed by atoms with E-state index in [1.807, 2.05) is 26.8 Å². The van der Waals surface area contributed by atoms with Crippen molar-refractivity contribution in [1.82, 2.24) is 19.7 Å². The Balaban J connectivity index is 2.65. The average Bonchev–Trinajstić information content (AvgIpc) is 2.64. The third-order valence-electron chi connectivity index (χ3n) is 2.60. The van der Waals surface area contributed by atoms with Gasteiger partial charge in [-0.25, -0.2) is 9.97 Å². The van der Waals surface area contributed by atoms with Crippen LogP contribution < -0.4 is 5.73 Å². The van der Waals surface area contributed by atoms with Crippen LogP contribution in [-0.4, -0.2) is 19.7 Å². The molecule has 0 aliphatic heterocycles. The predicted octanol–water partition coefficient (Wildman–Crippen LogP) is 1.30. The molecule has 2 heterocycles. The molecule has 0 aliphatic rings. The highest BCUT2D eigenvalue weighted by atomic mass is 15.4. The summed E-state index contributed by atoms with van der Waals surface area (Å²) in [5.74, 6) is 0.695. The number of nitrogen functional groups attached to an aromatic ring is 1. The largest absolute Gasteiger partial charge is 0.382 e. The summed E-state index contributed by atoms with van der Waals surface area (Å²) in [5, 5.41) is 13.4. The highest BCUT2D eigenvalue weighted by Crippen LogP contribution is 2.19. The zero-order valence-electron chi connectivity index (χ0n) is 10.6. The van der Waals surface area contributed by atoms with Gasteiger partial charge in [0.25, 0.3) is 5.95 Å². The number of anilines is 1. The minimum absolute atomic E-state index is 0.291. The fourth-order valence-electron chi connectivity index (χ4n) is 1.80. The Morgan fingerprint density at radius 1 is 1.33 bits per heavy atom. The quantitative estimate of drug-likeness (QED) is 0.856. The number of aromatic nitrogens is 4. The van der Waals surface area contributed by atoms with Gasteiger partial charge < -0.3 is 5.73 Å². The van der Waals surface area contributed by atoms with Crippen molar-refractivity contribution in [2.45, 2.75) is 27.2 Å². The zero-order chi connectivity index (χ0) is 13.3. The second-order valence-corrected chi connectivity index (χ2v) is 4.03. The van der Waals surface area contributed by atoms with E-state index in [1.165, 1.54) is 4.68 Å². The van der Waals surface area contributed by atoms with Crippen LogP contribution in [0.1, 0.15) is 29.6 Å². The van der Waals surface area contributed by atoms with Gasteiger partial charge >= 0.3 is 0 Å². The zero-order valence-corrected chi connectivity index (χ0v) is 10.6. The van der Waals surface area contributed by atoms with E-state index in [-0.39, 0.29) is 0 Å². The van der Waals surface area contributed by atoms with Crippen molar-refractivity contribution in [2.75, 3.05) is 5.73 Å². The smallest absolute Gasteiger partial charge is 0.252 e. The minimum Gasteiger partial charge on any atom is -0.382 e. The van der Waals surface area contributed by atoms with E-state index in [9.17, 15) is 0 Å². The first-order valence-corrected chi connectivity index (χ1v) is 5.67. The Morgan fingerprint density at radius 3 is 2.39 bits per heavy atom. The molecule has 18 heavy (non-hydrogen) atoms. The monoisotopic (exact) mass is 242 g/mol. The van der Waals surface area contributed by atoms with Gasteiger partial charge in [0.2, 0.25) is 0 Å². The number of hydrogen-bond donors (Lipinski definition) is 1. The lowest BCUT2D eigenvalue weighted by atomic mass is 10.2. The average molecular weight is 242 g/mol. The van der Waals surface area contributed by atoms with Gasteiger partial charge in [0, 0.05) is 11.4 Å². The molecule has 0 aromatic carbocycles. The van der Waals surface area contributed by atoms with Crippen molar-refractivity contribution in [1.29, 1.82) is 5.26 Å². The van der Waals surface area contributed by atoms with Crippen LogP contribution >= 0.6 is 0 Å². The first kappa shape index (κ1) is 12.0. The molecule has 0 unspecified atom stereocenters. The lowest BCUT2D eigenvalue weighted by Crippen LogP contribution is -2.08. The Morgan fingerprint density at radius 2 is 1.94 bits per heavy atom. The van der Waals surface area contributed by atoms with Gasteiger partial charge in [-0.3, -0.25) is 0 Å². The Kier molecular flexibility index (Phi) is 2.98. The molecule has 2 aromatic heterocycles. The van der Waals surface area contributed by atoms with E-state index < -0.39 is 0 Å². The highest BCUT2D eigenvalue weighted by molar-refractivity contribution is 5.54. The molecule has 6 nitrogen and oxygen atoms in total. The number of hydrogen-bond acceptors (Lipinski definition) is 5. The van der Waals surface area contributed by atoms with Crippen molar-refractivity contribution in [2.24, 2.45) is 0 Å². The Hall–Kier alpha value is -2.42. The van der Waals surface area contributed by atoms with Gasteiger partial charge in [0.05, 0.1) is 5.69 Å². The molecular weight excluding hydrogens is 228 g/mol. The Labute approximate surface area is 105 Å². The van der Waals surface area contributed by atoms with Gasteiger partial charge in [-0.15, -0.1) is 0 Å². The molecule has 0 radical (unpaired) electrons. The minimum atomic E-state index is 0.291. The lowest BCUT2D eigenvalue weighted by Gasteiger charge is -2.04. The molecule has 2 rings (SSSR count). The first-order chi connectivity index (χ1) is 8.56. The number of nitrogens with zero attached hydrogens (tertiary/aromatic N) is 5. The van der Waals surface area contributed by atoms with E-state index in [1.54, 1.807) is 0 Å². The van der Waals surface area contributed by atoms with Crippen LogP contribution in [0.3, 0.4) is 0 Å². The topological polar surface area (TPSA) is 93.4 Å². The first-order valence-electron chi connectivity index (χ1n) is 5.67. The molecule has 6 heteroatoms. The van der Waals surface area contributed by atoms with Crippen LogP contribution in [0.25, 0.3) is 5.95 Å². The third kappa shape index (κ3) is 1.91. The van der Waals surface area contributed by atoms with Crippen LogP contribution in [0.5, 0.6) is 0 Å². The normalized spacial score (nSPS) is 10.3. The van der Waals surface area contributed by atoms with Crippen molar-refractivity contribution in [3.05, 3.63) is 28.7 Å². The summed E-state index contributed by atoms with van der Waals surface area (Å²) < 4.78 is 1.43. The second-order valence-electron chi connectivity index (χ2n) is 4.03. The summed E-state index contributed by atoms with van der Waals surface area (Å²) in [5.41, 5.74) is 8.66. The fraction of sp³-hybridized carbons (Fsp3) is 0.333. The maximum absolute atomic E-state index is 9.08. The molecule has 0 spiro atoms. The van der Waals surface area contributed by atoms with E-state index >= 15 is 0 Å². The van der Waals surface area contributed by atoms with E-state index in [0.29, 0.717) is 29.4 Å². The maximum atomic E-state index is 9.08. The molecular formula is C12H14N6. The SMILES string of the molecule is CCc1nn(-c2nc(C)cc(C)n2)c(N)c1C#N. The molecule has 0 saturated carbocycles. The summed E-state index contributed by atoms with van der Waals surface area (Å²) >= 11 is 0. The molecule has 2 aromatic rings. The number of aryl methyl sites for hydroxylation is 3. The lowest BCUT2D eigenvalue weighted by molar-refractivity contribution is 0.781. The molecule has 0 fully saturated rings. The van der Waals surface area contributed by atoms with Crippen molar-refractivity contribution in [3.63, 3.8) is 0 Å². The number of rotatable bonds is 2. The molecule has 0 atom stereocenters. The number of nitriles is 1. The predicted molar refractivity (Wildman–Crippen MR) is 67.1 cm³/mol.